The third-order valence-electron chi connectivity index (χ3n) is 4.66. The van der Waals surface area contributed by atoms with Crippen molar-refractivity contribution in [1.29, 1.82) is 0 Å². The van der Waals surface area contributed by atoms with Crippen LogP contribution in [0, 0.1) is 5.92 Å². The van der Waals surface area contributed by atoms with Crippen molar-refractivity contribution in [2.75, 3.05) is 12.4 Å². The van der Waals surface area contributed by atoms with Gasteiger partial charge in [-0.15, -0.1) is 0 Å². The molecule has 1 fully saturated rings. The predicted molar refractivity (Wildman–Crippen MR) is 118 cm³/mol. The molecule has 14 heteroatoms. The molecule has 10 N–H and O–H groups in total. The van der Waals surface area contributed by atoms with Crippen LogP contribution in [0.1, 0.15) is 12.8 Å². The Labute approximate surface area is 193 Å². The molecular formula is C20H26N8O6. The molecule has 0 aliphatic heterocycles. The zero-order chi connectivity index (χ0) is 25.0. The van der Waals surface area contributed by atoms with Gasteiger partial charge >= 0.3 is 6.10 Å². The maximum atomic E-state index is 12.3. The highest BCUT2D eigenvalue weighted by Crippen LogP contribution is 2.35. The monoisotopic (exact) mass is 474 g/mol. The molecule has 0 unspecified atom stereocenters. The van der Waals surface area contributed by atoms with Gasteiger partial charge < -0.3 is 42.2 Å². The number of anilines is 1. The van der Waals surface area contributed by atoms with Gasteiger partial charge in [-0.3, -0.25) is 19.6 Å². The quantitative estimate of drug-likeness (QED) is 0.114. The summed E-state index contributed by atoms with van der Waals surface area (Å²) < 4.78 is 7.03. The van der Waals surface area contributed by atoms with Gasteiger partial charge in [-0.05, 0) is 25.0 Å². The van der Waals surface area contributed by atoms with E-state index in [0.29, 0.717) is 22.8 Å². The number of aliphatic hydroxyl groups is 3. The lowest BCUT2D eigenvalue weighted by molar-refractivity contribution is -0.325. The zero-order valence-electron chi connectivity index (χ0n) is 18.4. The van der Waals surface area contributed by atoms with E-state index >= 15 is 0 Å². The van der Waals surface area contributed by atoms with E-state index in [2.05, 4.69) is 20.7 Å². The second-order valence-electron chi connectivity index (χ2n) is 7.53. The molecular weight excluding hydrogens is 448 g/mol. The minimum absolute atomic E-state index is 0.125. The number of hydrogen-bond acceptors (Lipinski definition) is 11. The highest BCUT2D eigenvalue weighted by Gasteiger charge is 2.30. The molecule has 34 heavy (non-hydrogen) atoms. The molecule has 0 atom stereocenters. The third kappa shape index (κ3) is 6.22. The maximum absolute atomic E-state index is 12.3. The summed E-state index contributed by atoms with van der Waals surface area (Å²) in [6.45, 7) is 0. The van der Waals surface area contributed by atoms with Crippen molar-refractivity contribution in [3.05, 3.63) is 47.8 Å². The van der Waals surface area contributed by atoms with E-state index in [1.807, 2.05) is 0 Å². The van der Waals surface area contributed by atoms with E-state index in [0.717, 1.165) is 12.8 Å². The van der Waals surface area contributed by atoms with Crippen LogP contribution in [-0.2, 0) is 16.6 Å². The summed E-state index contributed by atoms with van der Waals surface area (Å²) in [5.41, 5.74) is 11.9. The average molecular weight is 474 g/mol. The number of nitrogens with zero attached hydrogens (tertiary/aromatic N) is 3. The fourth-order valence-electron chi connectivity index (χ4n) is 2.94. The van der Waals surface area contributed by atoms with Crippen molar-refractivity contribution in [3.63, 3.8) is 0 Å². The number of nitrogens with two attached hydrogens (primary N) is 2. The second-order valence-corrected chi connectivity index (χ2v) is 7.53. The summed E-state index contributed by atoms with van der Waals surface area (Å²) in [7, 11) is 3.13. The number of aryl methyl sites for hydroxylation is 1. The Kier molecular flexibility index (Phi) is 7.05. The van der Waals surface area contributed by atoms with Crippen LogP contribution in [0.15, 0.2) is 47.8 Å². The first-order valence-electron chi connectivity index (χ1n) is 10.1. The lowest BCUT2D eigenvalue weighted by Gasteiger charge is -2.19. The summed E-state index contributed by atoms with van der Waals surface area (Å²) in [6, 6.07) is 5.00. The lowest BCUT2D eigenvalue weighted by Crippen LogP contribution is -2.50. The topological polar surface area (TPSA) is 223 Å². The normalized spacial score (nSPS) is 14.8. The summed E-state index contributed by atoms with van der Waals surface area (Å²) in [5.74, 6) is -1.11. The molecule has 1 saturated carbocycles. The molecule has 1 aromatic carbocycles. The fourth-order valence-corrected chi connectivity index (χ4v) is 2.94. The number of hydrogen-bond donors (Lipinski definition) is 8. The second kappa shape index (κ2) is 9.78. The smallest absolute Gasteiger partial charge is 0.369 e. The van der Waals surface area contributed by atoms with Crippen LogP contribution in [0.2, 0.25) is 0 Å². The van der Waals surface area contributed by atoms with Crippen molar-refractivity contribution < 1.29 is 29.6 Å². The molecule has 0 radical (unpaired) electrons. The summed E-state index contributed by atoms with van der Waals surface area (Å²) in [4.78, 5) is 28.6. The average Bonchev–Trinajstić information content (AvgIpc) is 3.52. The highest BCUT2D eigenvalue weighted by atomic mass is 16.7. The Morgan fingerprint density at radius 1 is 1.26 bits per heavy atom. The largest absolute Gasteiger partial charge is 0.494 e. The van der Waals surface area contributed by atoms with Crippen LogP contribution in [0.25, 0.3) is 11.4 Å². The number of rotatable bonds is 9. The molecule has 1 aliphatic carbocycles. The van der Waals surface area contributed by atoms with Gasteiger partial charge in [0.2, 0.25) is 5.91 Å². The zero-order valence-corrected chi connectivity index (χ0v) is 18.4. The number of nitrogens with one attached hydrogen (secondary N) is 3. The van der Waals surface area contributed by atoms with Crippen LogP contribution in [-0.4, -0.2) is 55.1 Å². The first-order valence-corrected chi connectivity index (χ1v) is 10.1. The van der Waals surface area contributed by atoms with Gasteiger partial charge in [0.15, 0.2) is 11.6 Å². The van der Waals surface area contributed by atoms with Crippen molar-refractivity contribution in [1.82, 2.24) is 25.4 Å². The van der Waals surface area contributed by atoms with Crippen LogP contribution >= 0.6 is 0 Å². The number of aromatic nitrogens is 3. The maximum Gasteiger partial charge on any atom is 0.369 e. The van der Waals surface area contributed by atoms with Crippen molar-refractivity contribution in [2.45, 2.75) is 18.9 Å². The number of ether oxygens (including phenoxy) is 1. The molecule has 1 aliphatic rings. The van der Waals surface area contributed by atoms with Crippen LogP contribution in [0.4, 0.5) is 5.69 Å². The van der Waals surface area contributed by atoms with Crippen molar-refractivity contribution >= 4 is 17.5 Å². The van der Waals surface area contributed by atoms with Gasteiger partial charge in [0, 0.05) is 19.0 Å². The summed E-state index contributed by atoms with van der Waals surface area (Å²) in [6.07, 6.45) is 0.682. The SMILES string of the molecule is COc1c(NC(/C=C(\N)NC(=O)C2CC2)=C(/N)C(=O)NC(O)(O)O)cccc1-c1ncn(C)n1. The first kappa shape index (κ1) is 24.5. The number of carbonyl (C=O) groups excluding carboxylic acids is 2. The third-order valence-corrected chi connectivity index (χ3v) is 4.66. The number of carbonyl (C=O) groups is 2. The predicted octanol–water partition coefficient (Wildman–Crippen LogP) is -1.90. The summed E-state index contributed by atoms with van der Waals surface area (Å²) >= 11 is 0. The van der Waals surface area contributed by atoms with E-state index < -0.39 is 17.7 Å². The molecule has 2 amide bonds. The molecule has 0 bridgehead atoms. The van der Waals surface area contributed by atoms with E-state index in [1.54, 1.807) is 25.2 Å². The Hall–Kier alpha value is -4.14. The van der Waals surface area contributed by atoms with Gasteiger partial charge in [-0.25, -0.2) is 4.98 Å². The molecule has 1 heterocycles. The van der Waals surface area contributed by atoms with Gasteiger partial charge in [0.25, 0.3) is 5.91 Å². The molecule has 0 saturated heterocycles. The molecule has 3 rings (SSSR count). The van der Waals surface area contributed by atoms with E-state index in [1.165, 1.54) is 29.5 Å². The van der Waals surface area contributed by atoms with Crippen molar-refractivity contribution in [2.24, 2.45) is 24.4 Å². The molecule has 1 aromatic heterocycles. The molecule has 0 spiro atoms. The minimum atomic E-state index is -3.51. The minimum Gasteiger partial charge on any atom is -0.494 e. The van der Waals surface area contributed by atoms with Crippen LogP contribution in [0.3, 0.4) is 0 Å². The molecule has 2 aromatic rings. The first-order chi connectivity index (χ1) is 16.0. The van der Waals surface area contributed by atoms with Crippen molar-refractivity contribution in [3.8, 4) is 17.1 Å². The standard InChI is InChI=1S/C20H26N8O6/c1-28-9-23-17(27-28)11-4-3-5-12(16(11)34-2)24-13(15(22)19(30)26-20(31,32)33)8-14(21)25-18(29)10-6-7-10/h3-5,8-10,24,31-33H,6-7,21-22H2,1-2H3,(H,25,29)(H,26,30)/b14-8+,15-13+. The number of allylic oxidation sites excluding steroid dienone is 1. The number of benzene rings is 1. The number of methoxy groups -OCH3 is 1. The Morgan fingerprint density at radius 2 is 1.97 bits per heavy atom. The Balaban J connectivity index is 2.00. The highest BCUT2D eigenvalue weighted by molar-refractivity contribution is 5.95. The van der Waals surface area contributed by atoms with Gasteiger partial charge in [-0.2, -0.15) is 5.10 Å². The van der Waals surface area contributed by atoms with E-state index in [9.17, 15) is 9.59 Å². The van der Waals surface area contributed by atoms with Crippen LogP contribution < -0.4 is 32.2 Å². The molecule has 14 nitrogen and oxygen atoms in total. The van der Waals surface area contributed by atoms with E-state index in [-0.39, 0.29) is 23.3 Å². The Bertz CT molecular complexity index is 1150. The Morgan fingerprint density at radius 3 is 2.53 bits per heavy atom. The number of para-hydroxylation sites is 1. The van der Waals surface area contributed by atoms with Crippen LogP contribution in [0.5, 0.6) is 5.75 Å². The fraction of sp³-hybridized carbons (Fsp3) is 0.300. The van der Waals surface area contributed by atoms with Gasteiger partial charge in [0.05, 0.1) is 24.1 Å². The lowest BCUT2D eigenvalue weighted by atomic mass is 10.1. The van der Waals surface area contributed by atoms with Gasteiger partial charge in [0.1, 0.15) is 17.8 Å². The van der Waals surface area contributed by atoms with E-state index in [4.69, 9.17) is 31.5 Å². The molecule has 182 valence electrons. The summed E-state index contributed by atoms with van der Waals surface area (Å²) in [5, 5.41) is 38.3. The number of amides is 2. The van der Waals surface area contributed by atoms with Gasteiger partial charge in [-0.1, -0.05) is 6.07 Å².